The lowest BCUT2D eigenvalue weighted by Crippen LogP contribution is -2.37. The predicted molar refractivity (Wildman–Crippen MR) is 103 cm³/mol. The first-order valence-corrected chi connectivity index (χ1v) is 9.41. The van der Waals surface area contributed by atoms with Crippen LogP contribution in [0.15, 0.2) is 54.9 Å². The summed E-state index contributed by atoms with van der Waals surface area (Å²) >= 11 is 0. The molecule has 0 atom stereocenters. The van der Waals surface area contributed by atoms with Gasteiger partial charge in [-0.3, -0.25) is 9.59 Å². The monoisotopic (exact) mass is 413 g/mol. The van der Waals surface area contributed by atoms with Crippen molar-refractivity contribution in [1.29, 1.82) is 0 Å². The van der Waals surface area contributed by atoms with Crippen molar-refractivity contribution >= 4 is 11.7 Å². The number of imidazole rings is 1. The second kappa shape index (κ2) is 7.78. The number of nitrogens with one attached hydrogen (secondary N) is 1. The molecule has 0 bridgehead atoms. The van der Waals surface area contributed by atoms with Gasteiger partial charge in [0.25, 0.3) is 0 Å². The number of H-pyrrole nitrogens is 1. The highest BCUT2D eigenvalue weighted by Crippen LogP contribution is 2.30. The summed E-state index contributed by atoms with van der Waals surface area (Å²) in [6.07, 6.45) is -0.520. The molecule has 8 heteroatoms. The average molecular weight is 413 g/mol. The van der Waals surface area contributed by atoms with E-state index in [9.17, 15) is 22.8 Å². The highest BCUT2D eigenvalue weighted by Gasteiger charge is 2.30. The summed E-state index contributed by atoms with van der Waals surface area (Å²) in [5.41, 5.74) is 1.58. The number of aromatic amines is 1. The Morgan fingerprint density at radius 2 is 1.87 bits per heavy atom. The molecule has 0 radical (unpaired) electrons. The van der Waals surface area contributed by atoms with Crippen molar-refractivity contribution in [3.8, 4) is 0 Å². The number of alkyl halides is 3. The van der Waals surface area contributed by atoms with Crippen molar-refractivity contribution in [2.24, 2.45) is 0 Å². The van der Waals surface area contributed by atoms with Crippen LogP contribution in [0.2, 0.25) is 0 Å². The van der Waals surface area contributed by atoms with Crippen LogP contribution in [0.5, 0.6) is 0 Å². The van der Waals surface area contributed by atoms with E-state index >= 15 is 0 Å². The number of benzene rings is 2. The molecule has 1 aromatic heterocycles. The van der Waals surface area contributed by atoms with Gasteiger partial charge in [-0.1, -0.05) is 30.3 Å². The third-order valence-corrected chi connectivity index (χ3v) is 5.21. The van der Waals surface area contributed by atoms with Crippen molar-refractivity contribution < 1.29 is 22.8 Å². The zero-order valence-electron chi connectivity index (χ0n) is 15.9. The van der Waals surface area contributed by atoms with Crippen LogP contribution in [-0.4, -0.2) is 33.1 Å². The van der Waals surface area contributed by atoms with Crippen molar-refractivity contribution in [3.05, 3.63) is 88.5 Å². The zero-order valence-corrected chi connectivity index (χ0v) is 15.9. The Bertz CT molecular complexity index is 1070. The predicted octanol–water partition coefficient (Wildman–Crippen LogP) is 3.79. The normalized spacial score (nSPS) is 13.8. The first kappa shape index (κ1) is 19.9. The van der Waals surface area contributed by atoms with Gasteiger partial charge in [0.15, 0.2) is 5.78 Å². The van der Waals surface area contributed by atoms with E-state index in [1.165, 1.54) is 12.1 Å². The Hall–Kier alpha value is -3.42. The van der Waals surface area contributed by atoms with Crippen LogP contribution >= 0.6 is 0 Å². The van der Waals surface area contributed by atoms with E-state index in [0.717, 1.165) is 23.3 Å². The third kappa shape index (κ3) is 3.98. The lowest BCUT2D eigenvalue weighted by Gasteiger charge is -2.30. The van der Waals surface area contributed by atoms with Crippen LogP contribution in [0.3, 0.4) is 0 Å². The number of aromatic nitrogens is 2. The first-order chi connectivity index (χ1) is 14.3. The standard InChI is InChI=1S/C22H18F3N3O2/c23-22(24,25)16-6-4-14(5-7-16)21(30)18-3-1-2-15-13-28(11-8-17(15)18)20(29)12-19-26-9-10-27-19/h1-7,9-10H,8,11-13H2,(H,26,27). The maximum atomic E-state index is 12.9. The summed E-state index contributed by atoms with van der Waals surface area (Å²) in [6.45, 7) is 0.840. The third-order valence-electron chi connectivity index (χ3n) is 5.21. The maximum absolute atomic E-state index is 12.9. The minimum absolute atomic E-state index is 0.0601. The van der Waals surface area contributed by atoms with Crippen molar-refractivity contribution in [2.75, 3.05) is 6.54 Å². The van der Waals surface area contributed by atoms with Crippen molar-refractivity contribution in [1.82, 2.24) is 14.9 Å². The van der Waals surface area contributed by atoms with Gasteiger partial charge in [-0.15, -0.1) is 0 Å². The van der Waals surface area contributed by atoms with Gasteiger partial charge in [0.05, 0.1) is 12.0 Å². The number of hydrogen-bond donors (Lipinski definition) is 1. The molecule has 2 aromatic carbocycles. The summed E-state index contributed by atoms with van der Waals surface area (Å²) in [5.74, 6) is 0.211. The fourth-order valence-corrected chi connectivity index (χ4v) is 3.65. The molecule has 0 aliphatic carbocycles. The number of nitrogens with zero attached hydrogens (tertiary/aromatic N) is 2. The lowest BCUT2D eigenvalue weighted by atomic mass is 9.90. The topological polar surface area (TPSA) is 66.1 Å². The number of rotatable bonds is 4. The summed E-state index contributed by atoms with van der Waals surface area (Å²) < 4.78 is 38.3. The van der Waals surface area contributed by atoms with Crippen LogP contribution in [0.4, 0.5) is 13.2 Å². The number of fused-ring (bicyclic) bond motifs is 1. The summed E-state index contributed by atoms with van der Waals surface area (Å²) in [6, 6.07) is 9.51. The van der Waals surface area contributed by atoms with Crippen LogP contribution < -0.4 is 0 Å². The van der Waals surface area contributed by atoms with Gasteiger partial charge in [0, 0.05) is 36.6 Å². The average Bonchev–Trinajstić information content (AvgIpc) is 3.25. The molecule has 1 aliphatic rings. The fourth-order valence-electron chi connectivity index (χ4n) is 3.65. The number of carbonyl (C=O) groups is 2. The van der Waals surface area contributed by atoms with Crippen LogP contribution in [0.1, 0.15) is 38.4 Å². The van der Waals surface area contributed by atoms with Gasteiger partial charge in [0.1, 0.15) is 5.82 Å². The Morgan fingerprint density at radius 3 is 2.53 bits per heavy atom. The molecule has 154 valence electrons. The molecule has 1 aliphatic heterocycles. The van der Waals surface area contributed by atoms with Crippen molar-refractivity contribution in [2.45, 2.75) is 25.6 Å². The van der Waals surface area contributed by atoms with Gasteiger partial charge >= 0.3 is 6.18 Å². The van der Waals surface area contributed by atoms with Crippen LogP contribution in [0.25, 0.3) is 0 Å². The Morgan fingerprint density at radius 1 is 1.10 bits per heavy atom. The van der Waals surface area contributed by atoms with Crippen molar-refractivity contribution in [3.63, 3.8) is 0 Å². The number of halogens is 3. The molecule has 1 N–H and O–H groups in total. The molecule has 0 spiro atoms. The van der Waals surface area contributed by atoms with Crippen LogP contribution in [-0.2, 0) is 30.4 Å². The van der Waals surface area contributed by atoms with Gasteiger partial charge in [-0.2, -0.15) is 13.2 Å². The molecule has 4 rings (SSSR count). The maximum Gasteiger partial charge on any atom is 0.416 e. The SMILES string of the molecule is O=C(c1ccc(C(F)(F)F)cc1)c1cccc2c1CCN(C(=O)Cc1ncc[nH]1)C2. The molecular weight excluding hydrogens is 395 g/mol. The Labute approximate surface area is 170 Å². The molecule has 0 unspecified atom stereocenters. The fraction of sp³-hybridized carbons (Fsp3) is 0.227. The minimum atomic E-state index is -4.45. The van der Waals surface area contributed by atoms with Gasteiger partial charge in [0.2, 0.25) is 5.91 Å². The van der Waals surface area contributed by atoms with Gasteiger partial charge in [-0.25, -0.2) is 4.98 Å². The van der Waals surface area contributed by atoms with Crippen LogP contribution in [0, 0.1) is 0 Å². The van der Waals surface area contributed by atoms with E-state index in [1.54, 1.807) is 29.4 Å². The minimum Gasteiger partial charge on any atom is -0.348 e. The number of carbonyl (C=O) groups excluding carboxylic acids is 2. The molecule has 30 heavy (non-hydrogen) atoms. The lowest BCUT2D eigenvalue weighted by molar-refractivity contribution is -0.137. The molecular formula is C22H18F3N3O2. The van der Waals surface area contributed by atoms with E-state index in [2.05, 4.69) is 9.97 Å². The molecule has 3 aromatic rings. The summed E-state index contributed by atoms with van der Waals surface area (Å²) in [4.78, 5) is 34.2. The van der Waals surface area contributed by atoms with E-state index < -0.39 is 11.7 Å². The van der Waals surface area contributed by atoms with E-state index in [-0.39, 0.29) is 23.7 Å². The number of amides is 1. The number of hydrogen-bond acceptors (Lipinski definition) is 3. The number of ketones is 1. The van der Waals surface area contributed by atoms with Gasteiger partial charge in [-0.05, 0) is 29.7 Å². The van der Waals surface area contributed by atoms with E-state index in [0.29, 0.717) is 30.9 Å². The summed E-state index contributed by atoms with van der Waals surface area (Å²) in [7, 11) is 0. The molecule has 5 nitrogen and oxygen atoms in total. The second-order valence-corrected chi connectivity index (χ2v) is 7.13. The molecule has 0 saturated carbocycles. The second-order valence-electron chi connectivity index (χ2n) is 7.13. The summed E-state index contributed by atoms with van der Waals surface area (Å²) in [5, 5.41) is 0. The molecule has 0 saturated heterocycles. The quantitative estimate of drug-likeness (QED) is 0.662. The largest absolute Gasteiger partial charge is 0.416 e. The highest BCUT2D eigenvalue weighted by molar-refractivity contribution is 6.10. The smallest absolute Gasteiger partial charge is 0.348 e. The van der Waals surface area contributed by atoms with Gasteiger partial charge < -0.3 is 9.88 Å². The Kier molecular flexibility index (Phi) is 5.15. The van der Waals surface area contributed by atoms with E-state index in [1.807, 2.05) is 6.07 Å². The Balaban J connectivity index is 1.53. The highest BCUT2D eigenvalue weighted by atomic mass is 19.4. The molecule has 1 amide bonds. The van der Waals surface area contributed by atoms with E-state index in [4.69, 9.17) is 0 Å². The first-order valence-electron chi connectivity index (χ1n) is 9.41. The zero-order chi connectivity index (χ0) is 21.3. The molecule has 2 heterocycles. The molecule has 0 fully saturated rings.